The Kier molecular flexibility index (Phi) is 6.01. The predicted molar refractivity (Wildman–Crippen MR) is 122 cm³/mol. The fraction of sp³-hybridized carbons (Fsp3) is 0.286. The Labute approximate surface area is 187 Å². The molecule has 1 amide bonds. The summed E-state index contributed by atoms with van der Waals surface area (Å²) < 4.78 is 8.39. The maximum Gasteiger partial charge on any atom is 0.240 e. The van der Waals surface area contributed by atoms with Crippen molar-refractivity contribution in [1.82, 2.24) is 14.9 Å². The normalized spacial score (nSPS) is 17.7. The van der Waals surface area contributed by atoms with Crippen LogP contribution in [0.2, 0.25) is 0 Å². The van der Waals surface area contributed by atoms with Crippen LogP contribution >= 0.6 is 27.7 Å². The van der Waals surface area contributed by atoms with Gasteiger partial charge in [-0.05, 0) is 62.2 Å². The number of amides is 1. The molecule has 7 nitrogen and oxygen atoms in total. The summed E-state index contributed by atoms with van der Waals surface area (Å²) in [7, 11) is 0. The van der Waals surface area contributed by atoms with Crippen LogP contribution in [0, 0.1) is 13.8 Å². The number of aryl methyl sites for hydroxylation is 2. The van der Waals surface area contributed by atoms with E-state index in [1.807, 2.05) is 67.9 Å². The molecule has 0 spiro atoms. The second-order valence-electron chi connectivity index (χ2n) is 6.97. The van der Waals surface area contributed by atoms with Crippen LogP contribution in [-0.2, 0) is 4.79 Å². The van der Waals surface area contributed by atoms with Crippen molar-refractivity contribution in [2.75, 3.05) is 17.3 Å². The number of ether oxygens (including phenoxy) is 1. The van der Waals surface area contributed by atoms with E-state index in [4.69, 9.17) is 4.74 Å². The molecule has 1 aromatic heterocycles. The van der Waals surface area contributed by atoms with Crippen LogP contribution in [0.15, 0.2) is 52.1 Å². The van der Waals surface area contributed by atoms with Crippen molar-refractivity contribution in [2.45, 2.75) is 37.2 Å². The molecule has 0 aliphatic carbocycles. The summed E-state index contributed by atoms with van der Waals surface area (Å²) in [5, 5.41) is 11.6. The number of halogens is 1. The maximum absolute atomic E-state index is 13.3. The van der Waals surface area contributed by atoms with E-state index in [-0.39, 0.29) is 11.9 Å². The second-order valence-corrected chi connectivity index (χ2v) is 8.93. The smallest absolute Gasteiger partial charge is 0.240 e. The van der Waals surface area contributed by atoms with Gasteiger partial charge < -0.3 is 15.5 Å². The quantitative estimate of drug-likeness (QED) is 0.552. The molecule has 3 aromatic rings. The molecule has 0 unspecified atom stereocenters. The van der Waals surface area contributed by atoms with Gasteiger partial charge in [0.05, 0.1) is 12.6 Å². The van der Waals surface area contributed by atoms with Crippen molar-refractivity contribution in [2.24, 2.45) is 0 Å². The average Bonchev–Trinajstić information content (AvgIpc) is 3.11. The molecular formula is C21H22BrN5O2S. The minimum absolute atomic E-state index is 0.0972. The van der Waals surface area contributed by atoms with Crippen molar-refractivity contribution < 1.29 is 9.53 Å². The molecule has 1 aliphatic rings. The Morgan fingerprint density at radius 2 is 2.00 bits per heavy atom. The van der Waals surface area contributed by atoms with E-state index in [2.05, 4.69) is 36.9 Å². The van der Waals surface area contributed by atoms with Gasteiger partial charge in [0.15, 0.2) is 0 Å². The van der Waals surface area contributed by atoms with Gasteiger partial charge in [-0.15, -0.1) is 10.2 Å². The first-order valence-corrected chi connectivity index (χ1v) is 11.3. The highest BCUT2D eigenvalue weighted by Crippen LogP contribution is 2.38. The van der Waals surface area contributed by atoms with Gasteiger partial charge in [0.25, 0.3) is 0 Å². The number of thioether (sulfide) groups is 1. The molecule has 156 valence electrons. The molecule has 9 heteroatoms. The second kappa shape index (κ2) is 8.69. The first kappa shape index (κ1) is 20.7. The topological polar surface area (TPSA) is 81.1 Å². The zero-order valence-corrected chi connectivity index (χ0v) is 19.3. The Morgan fingerprint density at radius 1 is 1.23 bits per heavy atom. The number of fused-ring (bicyclic) bond motifs is 1. The number of carbonyl (C=O) groups excluding carboxylic acids is 1. The van der Waals surface area contributed by atoms with Gasteiger partial charge in [0.2, 0.25) is 11.1 Å². The molecule has 0 fully saturated rings. The number of hydrogen-bond donors (Lipinski definition) is 2. The number of rotatable bonds is 5. The van der Waals surface area contributed by atoms with Crippen molar-refractivity contribution in [3.8, 4) is 5.75 Å². The number of carbonyl (C=O) groups is 1. The SMILES string of the molecule is CCOc1ccc([C@H]2Nn3c(C)nnc3S[C@@H]2C(=O)Nc2ccc(Br)c(C)c2)cc1. The van der Waals surface area contributed by atoms with Crippen LogP contribution in [0.1, 0.15) is 29.9 Å². The third kappa shape index (κ3) is 4.17. The van der Waals surface area contributed by atoms with E-state index in [0.29, 0.717) is 11.8 Å². The van der Waals surface area contributed by atoms with Crippen LogP contribution in [0.3, 0.4) is 0 Å². The standard InChI is InChI=1S/C21H22BrN5O2S/c1-4-29-16-8-5-14(6-9-16)18-19(30-21-25-24-13(3)27(21)26-18)20(28)23-15-7-10-17(22)12(2)11-15/h5-11,18-19,26H,4H2,1-3H3,(H,23,28)/t18-,19+/m1/s1. The van der Waals surface area contributed by atoms with E-state index in [1.165, 1.54) is 11.8 Å². The number of aromatic nitrogens is 3. The third-order valence-corrected chi connectivity index (χ3v) is 6.94. The van der Waals surface area contributed by atoms with Gasteiger partial charge >= 0.3 is 0 Å². The lowest BCUT2D eigenvalue weighted by atomic mass is 10.0. The van der Waals surface area contributed by atoms with E-state index in [9.17, 15) is 4.79 Å². The summed E-state index contributed by atoms with van der Waals surface area (Å²) in [4.78, 5) is 13.3. The van der Waals surface area contributed by atoms with E-state index in [0.717, 1.165) is 32.9 Å². The predicted octanol–water partition coefficient (Wildman–Crippen LogP) is 4.45. The van der Waals surface area contributed by atoms with Crippen molar-refractivity contribution in [3.05, 3.63) is 63.9 Å². The highest BCUT2D eigenvalue weighted by atomic mass is 79.9. The zero-order valence-electron chi connectivity index (χ0n) is 16.8. The summed E-state index contributed by atoms with van der Waals surface area (Å²) in [6, 6.07) is 13.3. The summed E-state index contributed by atoms with van der Waals surface area (Å²) in [6.07, 6.45) is 0. The fourth-order valence-electron chi connectivity index (χ4n) is 3.28. The van der Waals surface area contributed by atoms with Crippen LogP contribution in [0.4, 0.5) is 5.69 Å². The molecule has 2 aromatic carbocycles. The number of anilines is 1. The molecule has 0 bridgehead atoms. The lowest BCUT2D eigenvalue weighted by Crippen LogP contribution is -2.41. The molecule has 1 aliphatic heterocycles. The van der Waals surface area contributed by atoms with E-state index < -0.39 is 5.25 Å². The number of hydrogen-bond acceptors (Lipinski definition) is 6. The van der Waals surface area contributed by atoms with E-state index >= 15 is 0 Å². The van der Waals surface area contributed by atoms with Crippen molar-refractivity contribution in [1.29, 1.82) is 0 Å². The van der Waals surface area contributed by atoms with Gasteiger partial charge in [-0.2, -0.15) is 0 Å². The van der Waals surface area contributed by atoms with Crippen molar-refractivity contribution in [3.63, 3.8) is 0 Å². The van der Waals surface area contributed by atoms with Crippen LogP contribution in [0.5, 0.6) is 5.75 Å². The number of benzene rings is 2. The van der Waals surface area contributed by atoms with Gasteiger partial charge in [0.1, 0.15) is 16.8 Å². The highest BCUT2D eigenvalue weighted by Gasteiger charge is 2.37. The minimum Gasteiger partial charge on any atom is -0.494 e. The molecular weight excluding hydrogens is 466 g/mol. The van der Waals surface area contributed by atoms with Crippen LogP contribution < -0.4 is 15.5 Å². The zero-order chi connectivity index (χ0) is 21.3. The molecule has 0 saturated carbocycles. The highest BCUT2D eigenvalue weighted by molar-refractivity contribution is 9.10. The summed E-state index contributed by atoms with van der Waals surface area (Å²) in [6.45, 7) is 6.43. The third-order valence-electron chi connectivity index (χ3n) is 4.83. The largest absolute Gasteiger partial charge is 0.494 e. The molecule has 0 radical (unpaired) electrons. The first-order chi connectivity index (χ1) is 14.5. The number of nitrogens with one attached hydrogen (secondary N) is 2. The van der Waals surface area contributed by atoms with Crippen LogP contribution in [-0.4, -0.2) is 32.6 Å². The molecule has 2 atom stereocenters. The van der Waals surface area contributed by atoms with E-state index in [1.54, 1.807) is 0 Å². The average molecular weight is 488 g/mol. The summed E-state index contributed by atoms with van der Waals surface area (Å²) in [5.41, 5.74) is 6.21. The maximum atomic E-state index is 13.3. The fourth-order valence-corrected chi connectivity index (χ4v) is 4.66. The Hall–Kier alpha value is -2.52. The first-order valence-electron chi connectivity index (χ1n) is 9.61. The summed E-state index contributed by atoms with van der Waals surface area (Å²) >= 11 is 4.90. The molecule has 2 N–H and O–H groups in total. The molecule has 4 rings (SSSR count). The monoisotopic (exact) mass is 487 g/mol. The Balaban J connectivity index is 1.63. The minimum atomic E-state index is -0.428. The lowest BCUT2D eigenvalue weighted by molar-refractivity contribution is -0.116. The van der Waals surface area contributed by atoms with Gasteiger partial charge in [-0.1, -0.05) is 39.8 Å². The van der Waals surface area contributed by atoms with Gasteiger partial charge in [-0.25, -0.2) is 4.68 Å². The van der Waals surface area contributed by atoms with Gasteiger partial charge in [-0.3, -0.25) is 4.79 Å². The van der Waals surface area contributed by atoms with Crippen molar-refractivity contribution >= 4 is 39.3 Å². The lowest BCUT2D eigenvalue weighted by Gasteiger charge is -2.32. The Bertz CT molecular complexity index is 1070. The van der Waals surface area contributed by atoms with Crippen LogP contribution in [0.25, 0.3) is 0 Å². The summed E-state index contributed by atoms with van der Waals surface area (Å²) in [5.74, 6) is 1.45. The molecule has 0 saturated heterocycles. The van der Waals surface area contributed by atoms with Gasteiger partial charge in [0, 0.05) is 10.2 Å². The Morgan fingerprint density at radius 3 is 2.70 bits per heavy atom. The number of nitrogens with zero attached hydrogens (tertiary/aromatic N) is 3. The molecule has 2 heterocycles. The molecule has 30 heavy (non-hydrogen) atoms.